The number of hydrogen-bond donors (Lipinski definition) is 0. The molecule has 1 aromatic rings. The fourth-order valence-corrected chi connectivity index (χ4v) is 5.62. The van der Waals surface area contributed by atoms with Gasteiger partial charge in [0.05, 0.1) is 19.1 Å². The number of carbonyl (C=O) groups is 1. The van der Waals surface area contributed by atoms with E-state index in [0.29, 0.717) is 13.0 Å². The molecule has 0 spiro atoms. The van der Waals surface area contributed by atoms with Gasteiger partial charge in [-0.2, -0.15) is 0 Å². The summed E-state index contributed by atoms with van der Waals surface area (Å²) >= 11 is 1.65. The highest BCUT2D eigenvalue weighted by Crippen LogP contribution is 2.46. The number of esters is 1. The van der Waals surface area contributed by atoms with Crippen molar-refractivity contribution in [3.63, 3.8) is 0 Å². The number of fused-ring (bicyclic) bond motifs is 3. The molecule has 0 aliphatic carbocycles. The summed E-state index contributed by atoms with van der Waals surface area (Å²) in [6, 6.07) is 10.0. The zero-order valence-electron chi connectivity index (χ0n) is 18.7. The average molecular weight is 453 g/mol. The van der Waals surface area contributed by atoms with Gasteiger partial charge >= 0.3 is 5.97 Å². The van der Waals surface area contributed by atoms with Gasteiger partial charge in [-0.1, -0.05) is 18.2 Å². The number of benzene rings is 1. The van der Waals surface area contributed by atoms with Gasteiger partial charge in [0, 0.05) is 10.1 Å². The van der Waals surface area contributed by atoms with Gasteiger partial charge in [0.15, 0.2) is 17.9 Å². The molecule has 0 radical (unpaired) electrons. The molecule has 3 aliphatic heterocycles. The molecule has 7 nitrogen and oxygen atoms in total. The van der Waals surface area contributed by atoms with Gasteiger partial charge in [-0.3, -0.25) is 4.79 Å². The highest BCUT2D eigenvalue weighted by atomic mass is 32.2. The quantitative estimate of drug-likeness (QED) is 0.456. The van der Waals surface area contributed by atoms with Crippen LogP contribution >= 0.6 is 11.8 Å². The third-order valence-corrected chi connectivity index (χ3v) is 6.73. The Labute approximate surface area is 188 Å². The summed E-state index contributed by atoms with van der Waals surface area (Å²) in [6.07, 6.45) is -0.939. The summed E-state index contributed by atoms with van der Waals surface area (Å²) in [5, 5.41) is -0.0497. The lowest BCUT2D eigenvalue weighted by atomic mass is 9.95. The zero-order valence-corrected chi connectivity index (χ0v) is 19.6. The summed E-state index contributed by atoms with van der Waals surface area (Å²) in [5.41, 5.74) is 0. The van der Waals surface area contributed by atoms with Crippen molar-refractivity contribution >= 4 is 17.7 Å². The molecule has 0 amide bonds. The summed E-state index contributed by atoms with van der Waals surface area (Å²) in [7, 11) is 0. The van der Waals surface area contributed by atoms with E-state index in [1.807, 2.05) is 65.0 Å². The van der Waals surface area contributed by atoms with Crippen molar-refractivity contribution in [1.82, 2.24) is 0 Å². The summed E-state index contributed by atoms with van der Waals surface area (Å²) in [4.78, 5) is 13.4. The molecule has 172 valence electrons. The van der Waals surface area contributed by atoms with Crippen LogP contribution in [0.4, 0.5) is 0 Å². The van der Waals surface area contributed by atoms with Crippen molar-refractivity contribution in [2.75, 3.05) is 6.61 Å². The second-order valence-electron chi connectivity index (χ2n) is 9.01. The van der Waals surface area contributed by atoms with Crippen molar-refractivity contribution in [2.24, 2.45) is 0 Å². The molecular formula is C23H32O7S. The van der Waals surface area contributed by atoms with Crippen LogP contribution in [-0.4, -0.2) is 60.1 Å². The van der Waals surface area contributed by atoms with Crippen molar-refractivity contribution in [2.45, 2.75) is 99.9 Å². The molecule has 31 heavy (non-hydrogen) atoms. The van der Waals surface area contributed by atoms with Crippen molar-refractivity contribution in [3.05, 3.63) is 30.3 Å². The second kappa shape index (κ2) is 9.00. The Morgan fingerprint density at radius 2 is 1.65 bits per heavy atom. The first-order valence-corrected chi connectivity index (χ1v) is 11.8. The van der Waals surface area contributed by atoms with Gasteiger partial charge in [0.25, 0.3) is 0 Å². The maximum Gasteiger partial charge on any atom is 0.306 e. The van der Waals surface area contributed by atoms with Gasteiger partial charge in [0.1, 0.15) is 18.3 Å². The molecule has 1 unspecified atom stereocenters. The monoisotopic (exact) mass is 452 g/mol. The van der Waals surface area contributed by atoms with Crippen LogP contribution in [0.1, 0.15) is 47.5 Å². The number of thioether (sulfide) groups is 1. The molecule has 3 heterocycles. The van der Waals surface area contributed by atoms with Crippen molar-refractivity contribution in [3.8, 4) is 0 Å². The van der Waals surface area contributed by atoms with Crippen molar-refractivity contribution < 1.29 is 33.2 Å². The Balaban J connectivity index is 1.53. The second-order valence-corrected chi connectivity index (χ2v) is 10.4. The van der Waals surface area contributed by atoms with Crippen LogP contribution in [0.5, 0.6) is 0 Å². The number of hydrogen-bond acceptors (Lipinski definition) is 8. The minimum absolute atomic E-state index is 0.0497. The van der Waals surface area contributed by atoms with Gasteiger partial charge in [-0.25, -0.2) is 0 Å². The Hall–Kier alpha value is -1.16. The lowest BCUT2D eigenvalue weighted by Gasteiger charge is -2.38. The minimum Gasteiger partial charge on any atom is -0.466 e. The van der Waals surface area contributed by atoms with E-state index in [0.717, 1.165) is 4.90 Å². The molecule has 4 rings (SSSR count). The average Bonchev–Trinajstić information content (AvgIpc) is 3.17. The Bertz CT molecular complexity index is 768. The molecule has 3 saturated heterocycles. The summed E-state index contributed by atoms with van der Waals surface area (Å²) in [5.74, 6) is -1.72. The summed E-state index contributed by atoms with van der Waals surface area (Å²) < 4.78 is 36.1. The number of rotatable bonds is 7. The van der Waals surface area contributed by atoms with E-state index in [2.05, 4.69) is 0 Å². The van der Waals surface area contributed by atoms with Gasteiger partial charge in [-0.15, -0.1) is 11.8 Å². The molecule has 3 aliphatic rings. The van der Waals surface area contributed by atoms with E-state index in [-0.39, 0.29) is 42.1 Å². The van der Waals surface area contributed by atoms with E-state index in [9.17, 15) is 4.79 Å². The van der Waals surface area contributed by atoms with Gasteiger partial charge in [0.2, 0.25) is 0 Å². The van der Waals surface area contributed by atoms with Crippen LogP contribution in [0.2, 0.25) is 0 Å². The number of carbonyl (C=O) groups excluding carboxylic acids is 1. The molecule has 0 bridgehead atoms. The number of ether oxygens (including phenoxy) is 6. The molecule has 0 saturated carbocycles. The van der Waals surface area contributed by atoms with Crippen LogP contribution in [-0.2, 0) is 33.2 Å². The van der Waals surface area contributed by atoms with Gasteiger partial charge in [-0.05, 0) is 53.2 Å². The summed E-state index contributed by atoms with van der Waals surface area (Å²) in [6.45, 7) is 9.71. The van der Waals surface area contributed by atoms with Crippen LogP contribution in [0, 0.1) is 0 Å². The van der Waals surface area contributed by atoms with Crippen molar-refractivity contribution in [1.29, 1.82) is 0 Å². The normalized spacial score (nSPS) is 34.0. The Morgan fingerprint density at radius 3 is 2.35 bits per heavy atom. The highest BCUT2D eigenvalue weighted by molar-refractivity contribution is 8.00. The topological polar surface area (TPSA) is 72.5 Å². The highest BCUT2D eigenvalue weighted by Gasteiger charge is 2.60. The third-order valence-electron chi connectivity index (χ3n) is 5.49. The smallest absolute Gasteiger partial charge is 0.306 e. The first-order chi connectivity index (χ1) is 14.7. The Morgan fingerprint density at radius 1 is 1.00 bits per heavy atom. The SMILES string of the molecule is CCOC(=O)CC(C[C@H]1O[C@@H]2OC(C)(C)O[C@@H]2[C@H]2OC(C)(C)O[C@H]21)Sc1ccccc1. The van der Waals surface area contributed by atoms with Crippen LogP contribution in [0.25, 0.3) is 0 Å². The fraction of sp³-hybridized carbons (Fsp3) is 0.696. The zero-order chi connectivity index (χ0) is 22.2. The van der Waals surface area contributed by atoms with E-state index in [1.165, 1.54) is 0 Å². The van der Waals surface area contributed by atoms with Crippen LogP contribution in [0.15, 0.2) is 35.2 Å². The first kappa shape index (κ1) is 23.0. The molecular weight excluding hydrogens is 420 g/mol. The predicted octanol–water partition coefficient (Wildman–Crippen LogP) is 3.89. The largest absolute Gasteiger partial charge is 0.466 e. The lowest BCUT2D eigenvalue weighted by Crippen LogP contribution is -2.55. The Kier molecular flexibility index (Phi) is 6.68. The molecule has 0 N–H and O–H groups in total. The van der Waals surface area contributed by atoms with Gasteiger partial charge < -0.3 is 28.4 Å². The van der Waals surface area contributed by atoms with E-state index >= 15 is 0 Å². The maximum atomic E-state index is 12.3. The first-order valence-electron chi connectivity index (χ1n) is 10.9. The predicted molar refractivity (Wildman–Crippen MR) is 114 cm³/mol. The van der Waals surface area contributed by atoms with E-state index < -0.39 is 17.9 Å². The molecule has 1 aromatic carbocycles. The molecule has 3 fully saturated rings. The van der Waals surface area contributed by atoms with Crippen LogP contribution < -0.4 is 0 Å². The minimum atomic E-state index is -0.756. The van der Waals surface area contributed by atoms with Crippen LogP contribution in [0.3, 0.4) is 0 Å². The maximum absolute atomic E-state index is 12.3. The molecule has 0 aromatic heterocycles. The van der Waals surface area contributed by atoms with E-state index in [4.69, 9.17) is 28.4 Å². The fourth-order valence-electron chi connectivity index (χ4n) is 4.41. The standard InChI is InChI=1S/C23H32O7S/c1-6-25-17(24)13-15(31-14-10-8-7-9-11-14)12-16-18-19(28-22(2,3)27-18)20-21(26-16)30-23(4,5)29-20/h7-11,15-16,18-21H,6,12-13H2,1-5H3/t15?,16-,18+,19+,20-,21-/m1/s1. The lowest BCUT2D eigenvalue weighted by molar-refractivity contribution is -0.234. The van der Waals surface area contributed by atoms with E-state index in [1.54, 1.807) is 11.8 Å². The molecule has 8 heteroatoms. The third kappa shape index (κ3) is 5.43. The molecule has 6 atom stereocenters.